The number of para-hydroxylation sites is 2. The Morgan fingerprint density at radius 1 is 1.33 bits per heavy atom. The Morgan fingerprint density at radius 3 is 3.25 bits per heavy atom. The highest BCUT2D eigenvalue weighted by Gasteiger charge is 2.02. The number of nitrogens with zero attached hydrogens (tertiary/aromatic N) is 3. The summed E-state index contributed by atoms with van der Waals surface area (Å²) in [6, 6.07) is 7.93. The van der Waals surface area contributed by atoms with Crippen molar-refractivity contribution >= 4 is 16.8 Å². The van der Waals surface area contributed by atoms with E-state index in [1.165, 1.54) is 0 Å². The zero-order valence-electron chi connectivity index (χ0n) is 6.23. The molecular weight excluding hydrogens is 152 g/mol. The van der Waals surface area contributed by atoms with E-state index in [0.717, 1.165) is 16.8 Å². The molecule has 0 aliphatic carbocycles. The molecule has 4 nitrogen and oxygen atoms in total. The van der Waals surface area contributed by atoms with Crippen molar-refractivity contribution in [2.45, 2.75) is 0 Å². The van der Waals surface area contributed by atoms with Crippen LogP contribution in [0.3, 0.4) is 0 Å². The van der Waals surface area contributed by atoms with Crippen LogP contribution in [0.4, 0.5) is 0 Å². The molecule has 4 heteroatoms. The zero-order chi connectivity index (χ0) is 7.97. The lowest BCUT2D eigenvalue weighted by Crippen LogP contribution is -1.80. The molecule has 0 spiro atoms. The van der Waals surface area contributed by atoms with Crippen molar-refractivity contribution in [2.75, 3.05) is 0 Å². The van der Waals surface area contributed by atoms with Gasteiger partial charge in [-0.3, -0.25) is 5.10 Å². The van der Waals surface area contributed by atoms with Gasteiger partial charge in [-0.1, -0.05) is 12.1 Å². The molecule has 0 atom stereocenters. The van der Waals surface area contributed by atoms with Crippen LogP contribution in [0.5, 0.6) is 0 Å². The minimum absolute atomic E-state index is 0. The van der Waals surface area contributed by atoms with Gasteiger partial charge in [0.05, 0.1) is 11.0 Å². The van der Waals surface area contributed by atoms with Crippen LogP contribution in [0.1, 0.15) is 1.43 Å². The van der Waals surface area contributed by atoms with Crippen LogP contribution in [-0.2, 0) is 0 Å². The molecule has 0 fully saturated rings. The largest absolute Gasteiger partial charge is 0.280 e. The number of imidazole rings is 1. The maximum absolute atomic E-state index is 4.30. The number of aromatic amines is 1. The van der Waals surface area contributed by atoms with Gasteiger partial charge >= 0.3 is 0 Å². The third kappa shape index (κ3) is 0.567. The topological polar surface area (TPSA) is 46.0 Å². The lowest BCUT2D eigenvalue weighted by molar-refractivity contribution is 1.01. The summed E-state index contributed by atoms with van der Waals surface area (Å²) in [4.78, 5) is 8.35. The van der Waals surface area contributed by atoms with Gasteiger partial charge in [0.2, 0.25) is 0 Å². The fourth-order valence-corrected chi connectivity index (χ4v) is 1.37. The van der Waals surface area contributed by atoms with Crippen LogP contribution in [-0.4, -0.2) is 19.6 Å². The standard InChI is InChI=1S/C8H6N4.H2/c1-2-4-7-6(3-1)11-8-9-5-10-12(7)8;/h1-5H,(H,9,10,11);1H. The van der Waals surface area contributed by atoms with Gasteiger partial charge in [-0.05, 0) is 12.1 Å². The lowest BCUT2D eigenvalue weighted by Gasteiger charge is -1.86. The predicted molar refractivity (Wildman–Crippen MR) is 47.0 cm³/mol. The van der Waals surface area contributed by atoms with Gasteiger partial charge < -0.3 is 0 Å². The van der Waals surface area contributed by atoms with Crippen molar-refractivity contribution in [1.29, 1.82) is 0 Å². The maximum atomic E-state index is 4.30. The molecule has 0 amide bonds. The van der Waals surface area contributed by atoms with E-state index in [1.807, 2.05) is 28.8 Å². The predicted octanol–water partition coefficient (Wildman–Crippen LogP) is 1.46. The lowest BCUT2D eigenvalue weighted by atomic mass is 10.3. The Morgan fingerprint density at radius 2 is 2.25 bits per heavy atom. The van der Waals surface area contributed by atoms with Crippen LogP contribution < -0.4 is 0 Å². The summed E-state index contributed by atoms with van der Waals surface area (Å²) in [5.74, 6) is 0.719. The SMILES string of the molecule is [HH].c1ccc2c(c1)nc1nc[nH]n12. The average molecular weight is 160 g/mol. The van der Waals surface area contributed by atoms with Crippen LogP contribution in [0.15, 0.2) is 30.6 Å². The van der Waals surface area contributed by atoms with Crippen LogP contribution in [0.2, 0.25) is 0 Å². The molecule has 1 N–H and O–H groups in total. The number of benzene rings is 1. The summed E-state index contributed by atoms with van der Waals surface area (Å²) in [5.41, 5.74) is 2.03. The minimum Gasteiger partial charge on any atom is -0.280 e. The highest BCUT2D eigenvalue weighted by molar-refractivity contribution is 5.78. The molecule has 12 heavy (non-hydrogen) atoms. The molecular formula is C8H8N4. The molecule has 0 saturated heterocycles. The first-order chi connectivity index (χ1) is 5.95. The van der Waals surface area contributed by atoms with E-state index in [-0.39, 0.29) is 1.43 Å². The molecule has 0 unspecified atom stereocenters. The molecule has 0 bridgehead atoms. The summed E-state index contributed by atoms with van der Waals surface area (Å²) in [6.45, 7) is 0. The summed E-state index contributed by atoms with van der Waals surface area (Å²) in [7, 11) is 0. The zero-order valence-corrected chi connectivity index (χ0v) is 6.23. The van der Waals surface area contributed by atoms with Gasteiger partial charge in [-0.15, -0.1) is 0 Å². The highest BCUT2D eigenvalue weighted by atomic mass is 15.3. The fraction of sp³-hybridized carbons (Fsp3) is 0. The average Bonchev–Trinajstić information content (AvgIpc) is 2.62. The Balaban J connectivity index is 0.000000653. The van der Waals surface area contributed by atoms with Gasteiger partial charge in [0.25, 0.3) is 5.78 Å². The van der Waals surface area contributed by atoms with Gasteiger partial charge in [0.1, 0.15) is 6.33 Å². The molecule has 0 aliphatic rings. The second-order valence-electron chi connectivity index (χ2n) is 2.62. The number of hydrogen-bond acceptors (Lipinski definition) is 2. The van der Waals surface area contributed by atoms with E-state index in [9.17, 15) is 0 Å². The Hall–Kier alpha value is -1.84. The van der Waals surface area contributed by atoms with Crippen LogP contribution in [0.25, 0.3) is 16.8 Å². The minimum atomic E-state index is 0. The summed E-state index contributed by atoms with van der Waals surface area (Å²) < 4.78 is 1.86. The third-order valence-corrected chi connectivity index (χ3v) is 1.91. The van der Waals surface area contributed by atoms with E-state index in [4.69, 9.17) is 0 Å². The van der Waals surface area contributed by atoms with Gasteiger partial charge in [-0.25, -0.2) is 14.5 Å². The maximum Gasteiger partial charge on any atom is 0.251 e. The third-order valence-electron chi connectivity index (χ3n) is 1.91. The molecule has 1 aromatic carbocycles. The molecule has 3 aromatic rings. The smallest absolute Gasteiger partial charge is 0.251 e. The first kappa shape index (κ1) is 5.77. The number of H-pyrrole nitrogens is 1. The van der Waals surface area contributed by atoms with E-state index >= 15 is 0 Å². The van der Waals surface area contributed by atoms with E-state index in [0.29, 0.717) is 0 Å². The van der Waals surface area contributed by atoms with E-state index in [1.54, 1.807) is 6.33 Å². The molecule has 0 radical (unpaired) electrons. The number of aromatic nitrogens is 4. The van der Waals surface area contributed by atoms with E-state index < -0.39 is 0 Å². The Kier molecular flexibility index (Phi) is 0.889. The number of rotatable bonds is 0. The highest BCUT2D eigenvalue weighted by Crippen LogP contribution is 2.12. The van der Waals surface area contributed by atoms with Crippen LogP contribution in [0, 0.1) is 0 Å². The van der Waals surface area contributed by atoms with Gasteiger partial charge in [0, 0.05) is 1.43 Å². The van der Waals surface area contributed by atoms with Crippen LogP contribution >= 0.6 is 0 Å². The van der Waals surface area contributed by atoms with Crippen molar-refractivity contribution in [3.05, 3.63) is 30.6 Å². The Labute approximate surface area is 69.3 Å². The molecule has 0 aliphatic heterocycles. The Bertz CT molecular complexity index is 538. The van der Waals surface area contributed by atoms with Crippen molar-refractivity contribution < 1.29 is 1.43 Å². The first-order valence-electron chi connectivity index (χ1n) is 3.72. The molecule has 2 heterocycles. The second-order valence-corrected chi connectivity index (χ2v) is 2.62. The van der Waals surface area contributed by atoms with Gasteiger partial charge in [-0.2, -0.15) is 0 Å². The van der Waals surface area contributed by atoms with Crippen molar-refractivity contribution in [2.24, 2.45) is 0 Å². The molecule has 2 aromatic heterocycles. The number of nitrogens with one attached hydrogen (secondary N) is 1. The molecule has 0 saturated carbocycles. The number of hydrogen-bond donors (Lipinski definition) is 1. The number of fused-ring (bicyclic) bond motifs is 3. The second kappa shape index (κ2) is 1.85. The monoisotopic (exact) mass is 160 g/mol. The fourth-order valence-electron chi connectivity index (χ4n) is 1.37. The van der Waals surface area contributed by atoms with Crippen molar-refractivity contribution in [3.8, 4) is 0 Å². The first-order valence-corrected chi connectivity index (χ1v) is 3.72. The van der Waals surface area contributed by atoms with E-state index in [2.05, 4.69) is 15.1 Å². The summed E-state index contributed by atoms with van der Waals surface area (Å²) >= 11 is 0. The quantitative estimate of drug-likeness (QED) is 0.541. The normalized spacial score (nSPS) is 11.3. The van der Waals surface area contributed by atoms with Crippen molar-refractivity contribution in [3.63, 3.8) is 0 Å². The van der Waals surface area contributed by atoms with Crippen molar-refractivity contribution in [1.82, 2.24) is 19.6 Å². The summed E-state index contributed by atoms with van der Waals surface area (Å²) in [6.07, 6.45) is 1.63. The molecule has 3 rings (SSSR count). The summed E-state index contributed by atoms with van der Waals surface area (Å²) in [5, 5.41) is 2.99. The van der Waals surface area contributed by atoms with Gasteiger partial charge in [0.15, 0.2) is 0 Å². The molecule has 60 valence electrons.